The molecule has 1 aliphatic carbocycles. The summed E-state index contributed by atoms with van der Waals surface area (Å²) in [5.41, 5.74) is 5.79. The van der Waals surface area contributed by atoms with E-state index in [4.69, 9.17) is 10.5 Å². The number of amides is 1. The molecule has 6 nitrogen and oxygen atoms in total. The number of ether oxygens (including phenoxy) is 1. The normalized spacial score (nSPS) is 22.0. The minimum atomic E-state index is -0.347. The molecule has 1 aliphatic rings. The predicted octanol–water partition coefficient (Wildman–Crippen LogP) is 2.56. The van der Waals surface area contributed by atoms with Crippen molar-refractivity contribution in [1.82, 2.24) is 10.6 Å². The Morgan fingerprint density at radius 3 is 2.55 bits per heavy atom. The quantitative estimate of drug-likeness (QED) is 0.563. The van der Waals surface area contributed by atoms with Gasteiger partial charge in [0, 0.05) is 32.6 Å². The van der Waals surface area contributed by atoms with Gasteiger partial charge in [-0.1, -0.05) is 6.42 Å². The molecule has 1 rings (SSSR count). The van der Waals surface area contributed by atoms with E-state index in [0.29, 0.717) is 5.82 Å². The maximum Gasteiger partial charge on any atom is 0.407 e. The average Bonchev–Trinajstić information content (AvgIpc) is 2.70. The van der Waals surface area contributed by atoms with Gasteiger partial charge in [-0.15, -0.1) is 12.2 Å². The molecule has 0 bridgehead atoms. The minimum Gasteiger partial charge on any atom is -0.685 e. The van der Waals surface area contributed by atoms with Crippen LogP contribution in [0, 0.1) is 0 Å². The van der Waals surface area contributed by atoms with E-state index in [-0.39, 0.29) is 50.9 Å². The number of nitrogens with two attached hydrogens (primary N) is 1. The number of nitrogens with zero attached hydrogens (tertiary/aromatic N) is 1. The zero-order valence-corrected chi connectivity index (χ0v) is 17.1. The van der Waals surface area contributed by atoms with E-state index in [9.17, 15) is 4.79 Å². The zero-order chi connectivity index (χ0) is 16.0. The maximum absolute atomic E-state index is 11.5. The van der Waals surface area contributed by atoms with Gasteiger partial charge < -0.3 is 26.4 Å². The van der Waals surface area contributed by atoms with Gasteiger partial charge in [-0.3, -0.25) is 0 Å². The van der Waals surface area contributed by atoms with Crippen LogP contribution in [0.4, 0.5) is 4.79 Å². The van der Waals surface area contributed by atoms with Crippen molar-refractivity contribution in [3.63, 3.8) is 0 Å². The largest absolute Gasteiger partial charge is 0.685 e. The molecular weight excluding hydrogens is 452 g/mol. The molecule has 0 saturated heterocycles. The van der Waals surface area contributed by atoms with Crippen molar-refractivity contribution >= 4 is 6.09 Å². The van der Waals surface area contributed by atoms with Gasteiger partial charge in [0.25, 0.3) is 0 Å². The van der Waals surface area contributed by atoms with Crippen LogP contribution in [0.15, 0.2) is 12.0 Å². The van der Waals surface area contributed by atoms with Crippen LogP contribution in [0.25, 0.3) is 5.32 Å². The molecule has 0 heterocycles. The van der Waals surface area contributed by atoms with Crippen LogP contribution >= 0.6 is 0 Å². The van der Waals surface area contributed by atoms with Crippen LogP contribution in [0.2, 0.25) is 0 Å². The first kappa shape index (κ1) is 21.1. The van der Waals surface area contributed by atoms with Gasteiger partial charge >= 0.3 is 6.09 Å². The van der Waals surface area contributed by atoms with Crippen LogP contribution in [-0.2, 0) is 25.8 Å². The molecule has 1 amide bonds. The molecule has 0 aliphatic heterocycles. The minimum absolute atomic E-state index is 0. The van der Waals surface area contributed by atoms with E-state index in [1.54, 1.807) is 6.20 Å². The van der Waals surface area contributed by atoms with Crippen LogP contribution in [0.3, 0.4) is 0 Å². The molecule has 0 aromatic carbocycles. The van der Waals surface area contributed by atoms with Crippen molar-refractivity contribution in [3.8, 4) is 0 Å². The van der Waals surface area contributed by atoms with Crippen molar-refractivity contribution < 1.29 is 30.6 Å². The molecule has 1 saturated carbocycles. The Morgan fingerprint density at radius 2 is 2.00 bits per heavy atom. The molecule has 0 aromatic heterocycles. The number of rotatable bonds is 5. The summed E-state index contributed by atoms with van der Waals surface area (Å²) < 4.78 is 5.36. The van der Waals surface area contributed by atoms with Gasteiger partial charge in [-0.2, -0.15) is 0 Å². The Kier molecular flexibility index (Phi) is 8.90. The van der Waals surface area contributed by atoms with Crippen LogP contribution in [0.1, 0.15) is 53.9 Å². The van der Waals surface area contributed by atoms with Gasteiger partial charge in [-0.05, 0) is 47.5 Å². The molecule has 0 spiro atoms. The Morgan fingerprint density at radius 1 is 1.36 bits per heavy atom. The van der Waals surface area contributed by atoms with Gasteiger partial charge in [0.2, 0.25) is 0 Å². The molecule has 128 valence electrons. The molecule has 2 unspecified atom stereocenters. The number of hydrogen-bond acceptors (Lipinski definition) is 4. The van der Waals surface area contributed by atoms with E-state index < -0.39 is 0 Å². The van der Waals surface area contributed by atoms with Crippen molar-refractivity contribution in [1.29, 1.82) is 0 Å². The van der Waals surface area contributed by atoms with E-state index in [0.717, 1.165) is 19.3 Å². The van der Waals surface area contributed by atoms with Crippen LogP contribution in [-0.4, -0.2) is 29.8 Å². The van der Waals surface area contributed by atoms with E-state index >= 15 is 0 Å². The smallest absolute Gasteiger partial charge is 0.407 e. The molecule has 22 heavy (non-hydrogen) atoms. The van der Waals surface area contributed by atoms with Crippen molar-refractivity contribution in [2.75, 3.05) is 0 Å². The fraction of sp³-hybridized carbons (Fsp3) is 0.800. The molecule has 0 aromatic rings. The first-order valence-electron chi connectivity index (χ1n) is 7.56. The first-order chi connectivity index (χ1) is 9.65. The second-order valence-corrected chi connectivity index (χ2v) is 6.90. The van der Waals surface area contributed by atoms with E-state index in [1.165, 1.54) is 0 Å². The Labute approximate surface area is 148 Å². The second-order valence-electron chi connectivity index (χ2n) is 6.90. The van der Waals surface area contributed by atoms with Crippen molar-refractivity contribution in [3.05, 3.63) is 17.3 Å². The SMILES string of the molecule is CC(C)NC(=O)OC1CCC([N-]/C=C(/N)NC(C)(C)C)C1.[W]. The number of alkyl carbamates (subject to hydrolysis) is 1. The summed E-state index contributed by atoms with van der Waals surface area (Å²) in [5, 5.41) is 10.3. The summed E-state index contributed by atoms with van der Waals surface area (Å²) >= 11 is 0. The van der Waals surface area contributed by atoms with Crippen LogP contribution < -0.4 is 16.4 Å². The molecule has 7 heteroatoms. The number of carbonyl (C=O) groups is 1. The fourth-order valence-corrected chi connectivity index (χ4v) is 2.23. The van der Waals surface area contributed by atoms with Gasteiger partial charge in [0.05, 0.1) is 5.82 Å². The molecule has 0 radical (unpaired) electrons. The summed E-state index contributed by atoms with van der Waals surface area (Å²) in [6.45, 7) is 9.94. The summed E-state index contributed by atoms with van der Waals surface area (Å²) in [5.74, 6) is 0.560. The number of nitrogens with one attached hydrogen (secondary N) is 2. The van der Waals surface area contributed by atoms with E-state index in [2.05, 4.69) is 16.0 Å². The maximum atomic E-state index is 11.5. The summed E-state index contributed by atoms with van der Waals surface area (Å²) in [6.07, 6.45) is 3.79. The van der Waals surface area contributed by atoms with Crippen molar-refractivity contribution in [2.24, 2.45) is 5.73 Å². The summed E-state index contributed by atoms with van der Waals surface area (Å²) in [7, 11) is 0. The zero-order valence-electron chi connectivity index (χ0n) is 14.2. The van der Waals surface area contributed by atoms with Gasteiger partial charge in [0.1, 0.15) is 6.10 Å². The van der Waals surface area contributed by atoms with Crippen molar-refractivity contribution in [2.45, 2.75) is 77.6 Å². The fourth-order valence-electron chi connectivity index (χ4n) is 2.23. The van der Waals surface area contributed by atoms with Gasteiger partial charge in [-0.25, -0.2) is 4.79 Å². The van der Waals surface area contributed by atoms with Crippen LogP contribution in [0.5, 0.6) is 0 Å². The standard InChI is InChI=1S/C15H29N4O2.W/c1-10(2)18-14(20)21-12-7-6-11(8-12)17-9-13(16)19-15(3,4)5;/h9-12,19H,6-8,16H2,1-5H3,(H,18,20);/q-1;/b13-9-;. The Bertz CT molecular complexity index is 380. The first-order valence-corrected chi connectivity index (χ1v) is 7.56. The summed E-state index contributed by atoms with van der Waals surface area (Å²) in [6, 6.07) is 0.257. The third kappa shape index (κ3) is 9.18. The Balaban J connectivity index is 0.00000441. The predicted molar refractivity (Wildman–Crippen MR) is 84.7 cm³/mol. The average molecular weight is 481 g/mol. The molecule has 4 N–H and O–H groups in total. The van der Waals surface area contributed by atoms with E-state index in [1.807, 2.05) is 34.6 Å². The topological polar surface area (TPSA) is 90.5 Å². The summed E-state index contributed by atoms with van der Waals surface area (Å²) in [4.78, 5) is 11.5. The molecule has 1 fully saturated rings. The van der Waals surface area contributed by atoms with Gasteiger partial charge in [0.15, 0.2) is 0 Å². The second kappa shape index (κ2) is 9.29. The Hall–Kier alpha value is -0.902. The molecular formula is C15H29N4O2W-. The monoisotopic (exact) mass is 481 g/mol. The number of hydrogen-bond donors (Lipinski definition) is 3. The molecule has 2 atom stereocenters. The number of carbonyl (C=O) groups excluding carboxylic acids is 1. The third-order valence-electron chi connectivity index (χ3n) is 2.98. The third-order valence-corrected chi connectivity index (χ3v) is 2.98.